The number of nitrogens with one attached hydrogen (secondary N) is 1. The van der Waals surface area contributed by atoms with Gasteiger partial charge in [0.25, 0.3) is 0 Å². The third-order valence-corrected chi connectivity index (χ3v) is 5.31. The number of unbranched alkanes of at least 4 members (excludes halogenated alkanes) is 3. The molecule has 1 saturated carbocycles. The average molecular weight is 318 g/mol. The lowest BCUT2D eigenvalue weighted by atomic mass is 9.75. The average Bonchev–Trinajstić information content (AvgIpc) is 2.42. The van der Waals surface area contributed by atoms with Gasteiger partial charge in [0.05, 0.1) is 0 Å². The molecule has 1 amide bonds. The second-order valence-electron chi connectivity index (χ2n) is 5.78. The zero-order valence-electron chi connectivity index (χ0n) is 11.8. The van der Waals surface area contributed by atoms with Crippen molar-refractivity contribution in [2.24, 2.45) is 5.41 Å². The van der Waals surface area contributed by atoms with Crippen molar-refractivity contribution < 1.29 is 4.79 Å². The highest BCUT2D eigenvalue weighted by atomic mass is 79.9. The van der Waals surface area contributed by atoms with Crippen molar-refractivity contribution in [3.63, 3.8) is 0 Å². The summed E-state index contributed by atoms with van der Waals surface area (Å²) in [6.45, 7) is 3.06. The van der Waals surface area contributed by atoms with E-state index in [0.29, 0.717) is 11.8 Å². The summed E-state index contributed by atoms with van der Waals surface area (Å²) in [5, 5.41) is 4.18. The molecule has 0 bridgehead atoms. The molecule has 1 aliphatic carbocycles. The fraction of sp³-hybridized carbons (Fsp3) is 0.933. The Kier molecular flexibility index (Phi) is 7.96. The Morgan fingerprint density at radius 2 is 1.89 bits per heavy atom. The van der Waals surface area contributed by atoms with E-state index in [9.17, 15) is 4.79 Å². The molecule has 0 heterocycles. The van der Waals surface area contributed by atoms with E-state index in [2.05, 4.69) is 28.2 Å². The number of rotatable bonds is 8. The largest absolute Gasteiger partial charge is 0.356 e. The molecular formula is C15H28BrNO. The molecule has 3 heteroatoms. The minimum atomic E-state index is 0.247. The highest BCUT2D eigenvalue weighted by Gasteiger charge is 2.31. The zero-order chi connectivity index (χ0) is 13.3. The van der Waals surface area contributed by atoms with Gasteiger partial charge in [0.2, 0.25) is 5.91 Å². The Hall–Kier alpha value is -0.0500. The van der Waals surface area contributed by atoms with E-state index in [1.165, 1.54) is 51.4 Å². The van der Waals surface area contributed by atoms with Crippen molar-refractivity contribution in [2.45, 2.75) is 71.1 Å². The molecule has 0 radical (unpaired) electrons. The lowest BCUT2D eigenvalue weighted by Gasteiger charge is -2.35. The van der Waals surface area contributed by atoms with Gasteiger partial charge in [-0.2, -0.15) is 0 Å². The first-order valence-corrected chi connectivity index (χ1v) is 8.67. The summed E-state index contributed by atoms with van der Waals surface area (Å²) in [6.07, 6.45) is 11.9. The highest BCUT2D eigenvalue weighted by Crippen LogP contribution is 2.37. The quantitative estimate of drug-likeness (QED) is 0.521. The van der Waals surface area contributed by atoms with Crippen LogP contribution < -0.4 is 5.32 Å². The molecule has 0 aliphatic heterocycles. The monoisotopic (exact) mass is 317 g/mol. The predicted molar refractivity (Wildman–Crippen MR) is 81.1 cm³/mol. The van der Waals surface area contributed by atoms with Crippen LogP contribution in [0.4, 0.5) is 0 Å². The van der Waals surface area contributed by atoms with Crippen molar-refractivity contribution >= 4 is 21.8 Å². The summed E-state index contributed by atoms with van der Waals surface area (Å²) in [5.74, 6) is 0.247. The number of alkyl halides is 1. The first kappa shape index (κ1) is 16.0. The second kappa shape index (κ2) is 8.95. The second-order valence-corrected chi connectivity index (χ2v) is 6.34. The zero-order valence-corrected chi connectivity index (χ0v) is 13.4. The number of amides is 1. The standard InChI is InChI=1S/C15H28BrNO/c1-2-3-4-6-9-14(18)17-13-15(12-16)10-7-5-8-11-15/h2-13H2,1H3,(H,17,18). The molecular weight excluding hydrogens is 290 g/mol. The van der Waals surface area contributed by atoms with Crippen LogP contribution in [0.15, 0.2) is 0 Å². The summed E-state index contributed by atoms with van der Waals surface area (Å²) < 4.78 is 0. The number of hydrogen-bond donors (Lipinski definition) is 1. The summed E-state index contributed by atoms with van der Waals surface area (Å²) in [6, 6.07) is 0. The molecule has 0 aromatic heterocycles. The number of hydrogen-bond acceptors (Lipinski definition) is 1. The maximum absolute atomic E-state index is 11.8. The van der Waals surface area contributed by atoms with Gasteiger partial charge in [0.15, 0.2) is 0 Å². The number of halogens is 1. The molecule has 106 valence electrons. The Labute approximate surface area is 120 Å². The van der Waals surface area contributed by atoms with Crippen molar-refractivity contribution in [3.05, 3.63) is 0 Å². The molecule has 1 fully saturated rings. The lowest BCUT2D eigenvalue weighted by molar-refractivity contribution is -0.121. The van der Waals surface area contributed by atoms with E-state index in [0.717, 1.165) is 18.3 Å². The van der Waals surface area contributed by atoms with Crippen LogP contribution in [-0.2, 0) is 4.79 Å². The normalized spacial score (nSPS) is 18.6. The lowest BCUT2D eigenvalue weighted by Crippen LogP contribution is -2.40. The highest BCUT2D eigenvalue weighted by molar-refractivity contribution is 9.09. The summed E-state index contributed by atoms with van der Waals surface area (Å²) in [4.78, 5) is 11.8. The van der Waals surface area contributed by atoms with E-state index >= 15 is 0 Å². The van der Waals surface area contributed by atoms with Gasteiger partial charge in [-0.15, -0.1) is 0 Å². The SMILES string of the molecule is CCCCCCC(=O)NCC1(CBr)CCCCC1. The van der Waals surface area contributed by atoms with E-state index in [1.807, 2.05) is 0 Å². The fourth-order valence-electron chi connectivity index (χ4n) is 2.75. The summed E-state index contributed by atoms with van der Waals surface area (Å²) in [7, 11) is 0. The number of carbonyl (C=O) groups excluding carboxylic acids is 1. The summed E-state index contributed by atoms with van der Waals surface area (Å²) >= 11 is 3.64. The van der Waals surface area contributed by atoms with Gasteiger partial charge in [-0.1, -0.05) is 61.4 Å². The van der Waals surface area contributed by atoms with Gasteiger partial charge in [0, 0.05) is 18.3 Å². The minimum Gasteiger partial charge on any atom is -0.356 e. The van der Waals surface area contributed by atoms with Crippen LogP contribution in [0.2, 0.25) is 0 Å². The summed E-state index contributed by atoms with van der Waals surface area (Å²) in [5.41, 5.74) is 0.331. The van der Waals surface area contributed by atoms with E-state index in [-0.39, 0.29) is 5.91 Å². The molecule has 0 atom stereocenters. The van der Waals surface area contributed by atoms with E-state index < -0.39 is 0 Å². The molecule has 0 unspecified atom stereocenters. The molecule has 1 N–H and O–H groups in total. The first-order chi connectivity index (χ1) is 8.72. The molecule has 0 aromatic carbocycles. The Bertz CT molecular complexity index is 237. The molecule has 18 heavy (non-hydrogen) atoms. The molecule has 2 nitrogen and oxygen atoms in total. The molecule has 0 aromatic rings. The van der Waals surface area contributed by atoms with Crippen LogP contribution in [0.25, 0.3) is 0 Å². The van der Waals surface area contributed by atoms with E-state index in [1.54, 1.807) is 0 Å². The van der Waals surface area contributed by atoms with Gasteiger partial charge >= 0.3 is 0 Å². The van der Waals surface area contributed by atoms with Gasteiger partial charge in [0.1, 0.15) is 0 Å². The van der Waals surface area contributed by atoms with Crippen molar-refractivity contribution in [1.82, 2.24) is 5.32 Å². The van der Waals surface area contributed by atoms with Gasteiger partial charge in [-0.25, -0.2) is 0 Å². The van der Waals surface area contributed by atoms with Crippen LogP contribution in [-0.4, -0.2) is 17.8 Å². The van der Waals surface area contributed by atoms with Crippen LogP contribution in [0, 0.1) is 5.41 Å². The van der Waals surface area contributed by atoms with Crippen LogP contribution in [0.3, 0.4) is 0 Å². The van der Waals surface area contributed by atoms with Gasteiger partial charge in [-0.05, 0) is 24.7 Å². The van der Waals surface area contributed by atoms with E-state index in [4.69, 9.17) is 0 Å². The van der Waals surface area contributed by atoms with Crippen molar-refractivity contribution in [1.29, 1.82) is 0 Å². The smallest absolute Gasteiger partial charge is 0.220 e. The van der Waals surface area contributed by atoms with Crippen molar-refractivity contribution in [2.75, 3.05) is 11.9 Å². The molecule has 0 spiro atoms. The fourth-order valence-corrected chi connectivity index (χ4v) is 3.51. The first-order valence-electron chi connectivity index (χ1n) is 7.55. The maximum Gasteiger partial charge on any atom is 0.220 e. The van der Waals surface area contributed by atoms with Crippen LogP contribution >= 0.6 is 15.9 Å². The third kappa shape index (κ3) is 5.73. The Morgan fingerprint density at radius 3 is 2.50 bits per heavy atom. The Balaban J connectivity index is 2.19. The third-order valence-electron chi connectivity index (χ3n) is 4.12. The predicted octanol–water partition coefficient (Wildman–Crippen LogP) is 4.42. The van der Waals surface area contributed by atoms with Gasteiger partial charge in [-0.3, -0.25) is 4.79 Å². The molecule has 1 rings (SSSR count). The Morgan fingerprint density at radius 1 is 1.17 bits per heavy atom. The molecule has 0 saturated heterocycles. The van der Waals surface area contributed by atoms with Gasteiger partial charge < -0.3 is 5.32 Å². The van der Waals surface area contributed by atoms with Crippen LogP contribution in [0.5, 0.6) is 0 Å². The minimum absolute atomic E-state index is 0.247. The maximum atomic E-state index is 11.8. The number of carbonyl (C=O) groups is 1. The topological polar surface area (TPSA) is 29.1 Å². The molecule has 1 aliphatic rings. The van der Waals surface area contributed by atoms with Crippen molar-refractivity contribution in [3.8, 4) is 0 Å². The van der Waals surface area contributed by atoms with Crippen LogP contribution in [0.1, 0.15) is 71.1 Å².